The summed E-state index contributed by atoms with van der Waals surface area (Å²) < 4.78 is 0.949. The maximum Gasteiger partial charge on any atom is 0.238 e. The van der Waals surface area contributed by atoms with Crippen LogP contribution in [0, 0.1) is 0 Å². The Morgan fingerprint density at radius 1 is 1.37 bits per heavy atom. The lowest BCUT2D eigenvalue weighted by Gasteiger charge is -2.12. The summed E-state index contributed by atoms with van der Waals surface area (Å²) in [6.45, 7) is 2.35. The number of amides is 1. The predicted octanol–water partition coefficient (Wildman–Crippen LogP) is 3.80. The van der Waals surface area contributed by atoms with Crippen molar-refractivity contribution in [2.75, 3.05) is 11.9 Å². The van der Waals surface area contributed by atoms with Crippen LogP contribution >= 0.6 is 27.3 Å². The predicted molar refractivity (Wildman–Crippen MR) is 83.5 cm³/mol. The van der Waals surface area contributed by atoms with E-state index < -0.39 is 0 Å². The van der Waals surface area contributed by atoms with Gasteiger partial charge in [0.2, 0.25) is 5.91 Å². The molecule has 0 saturated heterocycles. The molecule has 1 aromatic carbocycles. The zero-order valence-corrected chi connectivity index (χ0v) is 12.9. The van der Waals surface area contributed by atoms with E-state index in [1.54, 1.807) is 11.3 Å². The fraction of sp³-hybridized carbons (Fsp3) is 0.214. The van der Waals surface area contributed by atoms with Crippen LogP contribution < -0.4 is 10.6 Å². The van der Waals surface area contributed by atoms with E-state index in [-0.39, 0.29) is 11.9 Å². The number of hydrogen-bond acceptors (Lipinski definition) is 3. The van der Waals surface area contributed by atoms with Crippen molar-refractivity contribution in [2.45, 2.75) is 13.0 Å². The molecule has 1 unspecified atom stereocenters. The minimum Gasteiger partial charge on any atom is -0.325 e. The van der Waals surface area contributed by atoms with E-state index in [9.17, 15) is 4.79 Å². The molecule has 1 heterocycles. The Morgan fingerprint density at radius 2 is 2.21 bits per heavy atom. The average molecular weight is 339 g/mol. The molecule has 2 aromatic rings. The summed E-state index contributed by atoms with van der Waals surface area (Å²) in [5, 5.41) is 8.10. The summed E-state index contributed by atoms with van der Waals surface area (Å²) >= 11 is 5.06. The summed E-state index contributed by atoms with van der Waals surface area (Å²) in [5.41, 5.74) is 0.796. The second kappa shape index (κ2) is 6.84. The van der Waals surface area contributed by atoms with Gasteiger partial charge in [-0.05, 0) is 36.6 Å². The Kier molecular flexibility index (Phi) is 5.13. The highest BCUT2D eigenvalue weighted by Gasteiger charge is 2.08. The minimum atomic E-state index is -0.0403. The molecule has 1 aromatic heterocycles. The highest BCUT2D eigenvalue weighted by atomic mass is 79.9. The molecule has 0 aliphatic heterocycles. The fourth-order valence-electron chi connectivity index (χ4n) is 1.66. The van der Waals surface area contributed by atoms with E-state index in [0.29, 0.717) is 6.54 Å². The van der Waals surface area contributed by atoms with Crippen molar-refractivity contribution in [1.82, 2.24) is 5.32 Å². The van der Waals surface area contributed by atoms with Gasteiger partial charge >= 0.3 is 0 Å². The number of halogens is 1. The number of thiophene rings is 1. The van der Waals surface area contributed by atoms with Crippen LogP contribution in [0.25, 0.3) is 0 Å². The summed E-state index contributed by atoms with van der Waals surface area (Å²) in [7, 11) is 0. The minimum absolute atomic E-state index is 0.0403. The van der Waals surface area contributed by atoms with Crippen LogP contribution in [-0.2, 0) is 4.79 Å². The van der Waals surface area contributed by atoms with Crippen LogP contribution in [0.1, 0.15) is 17.8 Å². The lowest BCUT2D eigenvalue weighted by Crippen LogP contribution is -2.29. The molecule has 0 saturated carbocycles. The molecule has 5 heteroatoms. The number of nitrogens with one attached hydrogen (secondary N) is 2. The van der Waals surface area contributed by atoms with Crippen molar-refractivity contribution in [3.63, 3.8) is 0 Å². The molecular weight excluding hydrogens is 324 g/mol. The van der Waals surface area contributed by atoms with Crippen LogP contribution in [0.2, 0.25) is 0 Å². The van der Waals surface area contributed by atoms with Crippen molar-refractivity contribution < 1.29 is 4.79 Å². The molecule has 0 radical (unpaired) electrons. The highest BCUT2D eigenvalue weighted by molar-refractivity contribution is 9.10. The Hall–Kier alpha value is -1.17. The van der Waals surface area contributed by atoms with Crippen molar-refractivity contribution in [3.05, 3.63) is 51.1 Å². The first-order valence-corrected chi connectivity index (χ1v) is 7.64. The first kappa shape index (κ1) is 14.2. The molecule has 2 rings (SSSR count). The van der Waals surface area contributed by atoms with Gasteiger partial charge in [-0.1, -0.05) is 28.1 Å². The quantitative estimate of drug-likeness (QED) is 0.870. The van der Waals surface area contributed by atoms with Gasteiger partial charge in [0.25, 0.3) is 0 Å². The van der Waals surface area contributed by atoms with Gasteiger partial charge in [0, 0.05) is 21.1 Å². The van der Waals surface area contributed by atoms with Gasteiger partial charge in [0.05, 0.1) is 6.54 Å². The summed E-state index contributed by atoms with van der Waals surface area (Å²) in [6.07, 6.45) is 0. The first-order chi connectivity index (χ1) is 9.15. The maximum atomic E-state index is 11.8. The van der Waals surface area contributed by atoms with Crippen molar-refractivity contribution >= 4 is 38.9 Å². The average Bonchev–Trinajstić information content (AvgIpc) is 2.90. The molecule has 1 atom stereocenters. The topological polar surface area (TPSA) is 41.1 Å². The standard InChI is InChI=1S/C14H15BrN2OS/c1-10(13-6-3-7-19-13)16-9-14(18)17-12-5-2-4-11(15)8-12/h2-8,10,16H,9H2,1H3,(H,17,18). The van der Waals surface area contributed by atoms with Crippen molar-refractivity contribution in [1.29, 1.82) is 0 Å². The van der Waals surface area contributed by atoms with Crippen LogP contribution in [0.3, 0.4) is 0 Å². The van der Waals surface area contributed by atoms with E-state index in [2.05, 4.69) is 39.6 Å². The van der Waals surface area contributed by atoms with Crippen molar-refractivity contribution in [3.8, 4) is 0 Å². The second-order valence-electron chi connectivity index (χ2n) is 4.18. The number of hydrogen-bond donors (Lipinski definition) is 2. The third kappa shape index (κ3) is 4.45. The summed E-state index contributed by atoms with van der Waals surface area (Å²) in [5.74, 6) is -0.0403. The Labute approximate surface area is 125 Å². The van der Waals surface area contributed by atoms with Gasteiger partial charge in [-0.15, -0.1) is 11.3 Å². The largest absolute Gasteiger partial charge is 0.325 e. The van der Waals surface area contributed by atoms with Gasteiger partial charge < -0.3 is 10.6 Å². The number of carbonyl (C=O) groups is 1. The molecule has 2 N–H and O–H groups in total. The number of carbonyl (C=O) groups excluding carboxylic acids is 1. The molecule has 1 amide bonds. The Bertz CT molecular complexity index is 542. The number of benzene rings is 1. The first-order valence-electron chi connectivity index (χ1n) is 5.97. The molecule has 100 valence electrons. The Balaban J connectivity index is 1.82. The molecular formula is C14H15BrN2OS. The van der Waals surface area contributed by atoms with Gasteiger partial charge in [-0.25, -0.2) is 0 Å². The normalized spacial score (nSPS) is 12.1. The van der Waals surface area contributed by atoms with Gasteiger partial charge in [-0.2, -0.15) is 0 Å². The summed E-state index contributed by atoms with van der Waals surface area (Å²) in [6, 6.07) is 11.8. The zero-order chi connectivity index (χ0) is 13.7. The maximum absolute atomic E-state index is 11.8. The molecule has 0 fully saturated rings. The van der Waals surface area contributed by atoms with E-state index in [1.807, 2.05) is 35.7 Å². The SMILES string of the molecule is CC(NCC(=O)Nc1cccc(Br)c1)c1cccs1. The zero-order valence-electron chi connectivity index (χ0n) is 10.5. The van der Waals surface area contributed by atoms with Crippen LogP contribution in [0.4, 0.5) is 5.69 Å². The third-order valence-electron chi connectivity index (χ3n) is 2.65. The monoisotopic (exact) mass is 338 g/mol. The van der Waals surface area contributed by atoms with E-state index in [4.69, 9.17) is 0 Å². The van der Waals surface area contributed by atoms with E-state index in [0.717, 1.165) is 10.2 Å². The molecule has 0 spiro atoms. The van der Waals surface area contributed by atoms with Gasteiger partial charge in [-0.3, -0.25) is 4.79 Å². The lowest BCUT2D eigenvalue weighted by molar-refractivity contribution is -0.115. The van der Waals surface area contributed by atoms with Crippen LogP contribution in [-0.4, -0.2) is 12.5 Å². The van der Waals surface area contributed by atoms with Gasteiger partial charge in [0.15, 0.2) is 0 Å². The van der Waals surface area contributed by atoms with Crippen LogP contribution in [0.15, 0.2) is 46.3 Å². The third-order valence-corrected chi connectivity index (χ3v) is 4.20. The second-order valence-corrected chi connectivity index (χ2v) is 6.07. The van der Waals surface area contributed by atoms with Crippen LogP contribution in [0.5, 0.6) is 0 Å². The Morgan fingerprint density at radius 3 is 2.89 bits per heavy atom. The van der Waals surface area contributed by atoms with Crippen molar-refractivity contribution in [2.24, 2.45) is 0 Å². The molecule has 19 heavy (non-hydrogen) atoms. The number of rotatable bonds is 5. The molecule has 0 aliphatic rings. The highest BCUT2D eigenvalue weighted by Crippen LogP contribution is 2.18. The molecule has 3 nitrogen and oxygen atoms in total. The van der Waals surface area contributed by atoms with E-state index >= 15 is 0 Å². The van der Waals surface area contributed by atoms with E-state index in [1.165, 1.54) is 4.88 Å². The smallest absolute Gasteiger partial charge is 0.238 e. The molecule has 0 aliphatic carbocycles. The number of anilines is 1. The lowest BCUT2D eigenvalue weighted by atomic mass is 10.2. The molecule has 0 bridgehead atoms. The summed E-state index contributed by atoms with van der Waals surface area (Å²) in [4.78, 5) is 13.0. The fourth-order valence-corrected chi connectivity index (χ4v) is 2.81. The van der Waals surface area contributed by atoms with Gasteiger partial charge in [0.1, 0.15) is 0 Å².